The second-order valence-electron chi connectivity index (χ2n) is 8.23. The first-order valence-corrected chi connectivity index (χ1v) is 13.2. The number of aryl methyl sites for hydroxylation is 1. The SMILES string of the molecule is Cc1nc(-c2cccc(NC(=O)COc3ccc(S(=O)(=O)N4CCC(C)CC4)cc3)c2)cs1. The van der Waals surface area contributed by atoms with Crippen LogP contribution in [0.1, 0.15) is 24.8 Å². The van der Waals surface area contributed by atoms with Crippen molar-refractivity contribution in [3.05, 3.63) is 58.9 Å². The summed E-state index contributed by atoms with van der Waals surface area (Å²) in [6.45, 7) is 5.00. The van der Waals surface area contributed by atoms with Gasteiger partial charge in [0, 0.05) is 29.7 Å². The average Bonchev–Trinajstić information content (AvgIpc) is 3.25. The van der Waals surface area contributed by atoms with Gasteiger partial charge < -0.3 is 10.1 Å². The fourth-order valence-electron chi connectivity index (χ4n) is 3.68. The van der Waals surface area contributed by atoms with Crippen molar-refractivity contribution in [2.45, 2.75) is 31.6 Å². The minimum atomic E-state index is -3.51. The number of rotatable bonds is 7. The van der Waals surface area contributed by atoms with E-state index in [2.05, 4.69) is 17.2 Å². The van der Waals surface area contributed by atoms with Crippen LogP contribution >= 0.6 is 11.3 Å². The van der Waals surface area contributed by atoms with Gasteiger partial charge in [0.15, 0.2) is 6.61 Å². The van der Waals surface area contributed by atoms with Crippen LogP contribution in [0.2, 0.25) is 0 Å². The number of carbonyl (C=O) groups is 1. The molecule has 0 spiro atoms. The van der Waals surface area contributed by atoms with Gasteiger partial charge in [-0.05, 0) is 62.1 Å². The minimum Gasteiger partial charge on any atom is -0.484 e. The Hall–Kier alpha value is -2.75. The molecule has 1 fully saturated rings. The van der Waals surface area contributed by atoms with E-state index in [0.29, 0.717) is 30.4 Å². The zero-order chi connectivity index (χ0) is 23.4. The van der Waals surface area contributed by atoms with Crippen molar-refractivity contribution in [1.29, 1.82) is 0 Å². The summed E-state index contributed by atoms with van der Waals surface area (Å²) in [5.74, 6) is 0.682. The third-order valence-electron chi connectivity index (χ3n) is 5.64. The molecule has 1 N–H and O–H groups in total. The molecule has 3 aromatic rings. The summed E-state index contributed by atoms with van der Waals surface area (Å²) >= 11 is 1.58. The smallest absolute Gasteiger partial charge is 0.262 e. The topological polar surface area (TPSA) is 88.6 Å². The van der Waals surface area contributed by atoms with Gasteiger partial charge in [0.1, 0.15) is 5.75 Å². The van der Waals surface area contributed by atoms with E-state index in [0.717, 1.165) is 29.1 Å². The van der Waals surface area contributed by atoms with E-state index < -0.39 is 10.0 Å². The Kier molecular flexibility index (Phi) is 7.11. The number of thiazole rings is 1. The lowest BCUT2D eigenvalue weighted by molar-refractivity contribution is -0.118. The number of sulfonamides is 1. The minimum absolute atomic E-state index is 0.184. The summed E-state index contributed by atoms with van der Waals surface area (Å²) in [4.78, 5) is 17.1. The third-order valence-corrected chi connectivity index (χ3v) is 8.32. The molecule has 0 saturated carbocycles. The second-order valence-corrected chi connectivity index (χ2v) is 11.2. The molecule has 2 aromatic carbocycles. The van der Waals surface area contributed by atoms with Crippen LogP contribution in [0, 0.1) is 12.8 Å². The Morgan fingerprint density at radius 3 is 2.58 bits per heavy atom. The molecule has 1 aromatic heterocycles. The number of aromatic nitrogens is 1. The summed E-state index contributed by atoms with van der Waals surface area (Å²) < 4.78 is 32.7. The van der Waals surface area contributed by atoms with E-state index in [1.807, 2.05) is 36.6 Å². The van der Waals surface area contributed by atoms with Crippen LogP contribution in [0.3, 0.4) is 0 Å². The van der Waals surface area contributed by atoms with Gasteiger partial charge in [-0.2, -0.15) is 4.31 Å². The van der Waals surface area contributed by atoms with Gasteiger partial charge in [-0.1, -0.05) is 19.1 Å². The zero-order valence-corrected chi connectivity index (χ0v) is 20.3. The molecular weight excluding hydrogens is 458 g/mol. The molecule has 1 amide bonds. The summed E-state index contributed by atoms with van der Waals surface area (Å²) in [7, 11) is -3.51. The van der Waals surface area contributed by atoms with Crippen LogP contribution in [0.5, 0.6) is 5.75 Å². The van der Waals surface area contributed by atoms with E-state index in [4.69, 9.17) is 4.74 Å². The van der Waals surface area contributed by atoms with Gasteiger partial charge in [0.2, 0.25) is 10.0 Å². The highest BCUT2D eigenvalue weighted by atomic mass is 32.2. The fourth-order valence-corrected chi connectivity index (χ4v) is 5.77. The number of ether oxygens (including phenoxy) is 1. The van der Waals surface area contributed by atoms with Crippen LogP contribution in [0.15, 0.2) is 58.8 Å². The Morgan fingerprint density at radius 2 is 1.91 bits per heavy atom. The first-order valence-electron chi connectivity index (χ1n) is 10.9. The van der Waals surface area contributed by atoms with Gasteiger partial charge in [-0.3, -0.25) is 4.79 Å². The second kappa shape index (κ2) is 10.0. The maximum Gasteiger partial charge on any atom is 0.262 e. The largest absolute Gasteiger partial charge is 0.484 e. The van der Waals surface area contributed by atoms with Crippen molar-refractivity contribution in [2.75, 3.05) is 25.0 Å². The maximum atomic E-state index is 12.8. The molecule has 0 bridgehead atoms. The number of benzene rings is 2. The molecule has 1 saturated heterocycles. The third kappa shape index (κ3) is 5.79. The van der Waals surface area contributed by atoms with E-state index in [-0.39, 0.29) is 17.4 Å². The van der Waals surface area contributed by atoms with E-state index >= 15 is 0 Å². The Morgan fingerprint density at radius 1 is 1.18 bits per heavy atom. The standard InChI is InChI=1S/C24H27N3O4S2/c1-17-10-12-27(13-11-17)33(29,30)22-8-6-21(7-9-22)31-15-24(28)26-20-5-3-4-19(14-20)23-16-32-18(2)25-23/h3-9,14,16-17H,10-13,15H2,1-2H3,(H,26,28). The first kappa shape index (κ1) is 23.4. The monoisotopic (exact) mass is 485 g/mol. The molecule has 33 heavy (non-hydrogen) atoms. The average molecular weight is 486 g/mol. The number of anilines is 1. The number of piperidine rings is 1. The first-order chi connectivity index (χ1) is 15.8. The number of hydrogen-bond donors (Lipinski definition) is 1. The molecule has 1 aliphatic rings. The lowest BCUT2D eigenvalue weighted by Gasteiger charge is -2.29. The molecule has 4 rings (SSSR count). The van der Waals surface area contributed by atoms with E-state index in [1.165, 1.54) is 16.4 Å². The number of hydrogen-bond acceptors (Lipinski definition) is 6. The maximum absolute atomic E-state index is 12.8. The molecule has 1 aliphatic heterocycles. The molecule has 0 atom stereocenters. The van der Waals surface area contributed by atoms with Crippen LogP contribution in [-0.4, -0.2) is 43.3 Å². The molecule has 174 valence electrons. The van der Waals surface area contributed by atoms with Crippen LogP contribution in [0.25, 0.3) is 11.3 Å². The summed E-state index contributed by atoms with van der Waals surface area (Å²) in [6, 6.07) is 13.7. The molecule has 0 unspecified atom stereocenters. The highest BCUT2D eigenvalue weighted by Gasteiger charge is 2.27. The molecule has 0 radical (unpaired) electrons. The van der Waals surface area contributed by atoms with Crippen molar-refractivity contribution in [2.24, 2.45) is 5.92 Å². The molecule has 2 heterocycles. The van der Waals surface area contributed by atoms with Gasteiger partial charge >= 0.3 is 0 Å². The molecular formula is C24H27N3O4S2. The number of carbonyl (C=O) groups excluding carboxylic acids is 1. The van der Waals surface area contributed by atoms with Crippen molar-refractivity contribution < 1.29 is 17.9 Å². The van der Waals surface area contributed by atoms with Crippen molar-refractivity contribution >= 4 is 33.0 Å². The normalized spacial score (nSPS) is 15.3. The highest BCUT2D eigenvalue weighted by Crippen LogP contribution is 2.26. The van der Waals surface area contributed by atoms with Gasteiger partial charge in [-0.15, -0.1) is 11.3 Å². The van der Waals surface area contributed by atoms with E-state index in [1.54, 1.807) is 23.5 Å². The van der Waals surface area contributed by atoms with Gasteiger partial charge in [0.25, 0.3) is 5.91 Å². The fraction of sp³-hybridized carbons (Fsp3) is 0.333. The summed E-state index contributed by atoms with van der Waals surface area (Å²) in [5, 5.41) is 5.79. The van der Waals surface area contributed by atoms with Crippen LogP contribution in [-0.2, 0) is 14.8 Å². The van der Waals surface area contributed by atoms with Crippen molar-refractivity contribution in [3.8, 4) is 17.0 Å². The molecule has 0 aliphatic carbocycles. The van der Waals surface area contributed by atoms with Crippen LogP contribution in [0.4, 0.5) is 5.69 Å². The van der Waals surface area contributed by atoms with Crippen molar-refractivity contribution in [3.63, 3.8) is 0 Å². The quantitative estimate of drug-likeness (QED) is 0.530. The lowest BCUT2D eigenvalue weighted by Crippen LogP contribution is -2.37. The predicted octanol–water partition coefficient (Wildman–Crippen LogP) is 4.56. The Balaban J connectivity index is 1.33. The van der Waals surface area contributed by atoms with Gasteiger partial charge in [0.05, 0.1) is 15.6 Å². The number of nitrogens with one attached hydrogen (secondary N) is 1. The summed E-state index contributed by atoms with van der Waals surface area (Å²) in [5.41, 5.74) is 2.46. The van der Waals surface area contributed by atoms with Gasteiger partial charge in [-0.25, -0.2) is 13.4 Å². The number of nitrogens with zero attached hydrogens (tertiary/aromatic N) is 2. The number of amides is 1. The lowest BCUT2D eigenvalue weighted by atomic mass is 10.0. The molecule has 7 nitrogen and oxygen atoms in total. The highest BCUT2D eigenvalue weighted by molar-refractivity contribution is 7.89. The van der Waals surface area contributed by atoms with Crippen molar-refractivity contribution in [1.82, 2.24) is 9.29 Å². The predicted molar refractivity (Wildman–Crippen MR) is 130 cm³/mol. The zero-order valence-electron chi connectivity index (χ0n) is 18.7. The Labute approximate surface area is 198 Å². The molecule has 9 heteroatoms. The van der Waals surface area contributed by atoms with E-state index in [9.17, 15) is 13.2 Å². The summed E-state index contributed by atoms with van der Waals surface area (Å²) in [6.07, 6.45) is 1.75. The van der Waals surface area contributed by atoms with Crippen LogP contribution < -0.4 is 10.1 Å². The Bertz CT molecular complexity index is 1210.